The molecule has 0 unspecified atom stereocenters. The summed E-state index contributed by atoms with van der Waals surface area (Å²) in [4.78, 5) is 15.4. The van der Waals surface area contributed by atoms with E-state index in [1.165, 1.54) is 0 Å². The molecule has 4 nitrogen and oxygen atoms in total. The molecular formula is C15H20ClN3O. The van der Waals surface area contributed by atoms with E-state index in [4.69, 9.17) is 5.73 Å². The molecule has 0 radical (unpaired) electrons. The molecule has 0 spiro atoms. The number of aromatic nitrogens is 1. The highest BCUT2D eigenvalue weighted by atomic mass is 35.5. The van der Waals surface area contributed by atoms with Crippen molar-refractivity contribution in [1.82, 2.24) is 4.98 Å². The molecule has 108 valence electrons. The molecule has 3 rings (SSSR count). The molecule has 5 heteroatoms. The average molecular weight is 294 g/mol. The molecule has 1 aliphatic carbocycles. The van der Waals surface area contributed by atoms with Crippen LogP contribution in [-0.2, 0) is 4.79 Å². The summed E-state index contributed by atoms with van der Waals surface area (Å²) in [6.45, 7) is 0.606. The fourth-order valence-corrected chi connectivity index (χ4v) is 3.03. The first-order chi connectivity index (χ1) is 9.28. The number of H-pyrrole nitrogens is 1. The van der Waals surface area contributed by atoms with E-state index in [2.05, 4.69) is 10.3 Å². The lowest BCUT2D eigenvalue weighted by Gasteiger charge is -2.17. The Morgan fingerprint density at radius 3 is 3.00 bits per heavy atom. The molecule has 1 saturated carbocycles. The topological polar surface area (TPSA) is 70.9 Å². The Hall–Kier alpha value is -1.52. The van der Waals surface area contributed by atoms with E-state index in [9.17, 15) is 4.79 Å². The largest absolute Gasteiger partial charge is 0.361 e. The first-order valence-corrected chi connectivity index (χ1v) is 6.86. The molecule has 1 aromatic carbocycles. The number of aromatic amines is 1. The molecular weight excluding hydrogens is 274 g/mol. The van der Waals surface area contributed by atoms with E-state index >= 15 is 0 Å². The number of benzene rings is 1. The summed E-state index contributed by atoms with van der Waals surface area (Å²) in [6.07, 6.45) is 5.04. The van der Waals surface area contributed by atoms with Gasteiger partial charge in [-0.15, -0.1) is 12.4 Å². The molecule has 20 heavy (non-hydrogen) atoms. The molecule has 1 heterocycles. The maximum absolute atomic E-state index is 12.3. The molecule has 0 bridgehead atoms. The van der Waals surface area contributed by atoms with Gasteiger partial charge in [0.1, 0.15) is 0 Å². The van der Waals surface area contributed by atoms with Crippen LogP contribution in [0.3, 0.4) is 0 Å². The number of anilines is 1. The van der Waals surface area contributed by atoms with Crippen molar-refractivity contribution in [3.05, 3.63) is 30.5 Å². The van der Waals surface area contributed by atoms with Crippen LogP contribution >= 0.6 is 12.4 Å². The minimum absolute atomic E-state index is 0. The summed E-state index contributed by atoms with van der Waals surface area (Å²) in [6, 6.07) is 7.92. The molecule has 0 saturated heterocycles. The van der Waals surface area contributed by atoms with Crippen LogP contribution in [0.15, 0.2) is 30.5 Å². The van der Waals surface area contributed by atoms with E-state index in [-0.39, 0.29) is 24.2 Å². The minimum Gasteiger partial charge on any atom is -0.361 e. The fourth-order valence-electron chi connectivity index (χ4n) is 3.03. The summed E-state index contributed by atoms with van der Waals surface area (Å²) in [5, 5.41) is 4.13. The molecule has 4 N–H and O–H groups in total. The third kappa shape index (κ3) is 2.81. The van der Waals surface area contributed by atoms with Gasteiger partial charge in [-0.2, -0.15) is 0 Å². The maximum atomic E-state index is 12.3. The SMILES string of the molecule is Cl.NC[C@H]1CCC[C@H]1C(=O)Nc1ccc2[nH]ccc2c1. The van der Waals surface area contributed by atoms with Crippen molar-refractivity contribution in [3.8, 4) is 0 Å². The van der Waals surface area contributed by atoms with E-state index in [0.717, 1.165) is 35.9 Å². The summed E-state index contributed by atoms with van der Waals surface area (Å²) in [7, 11) is 0. The van der Waals surface area contributed by atoms with Gasteiger partial charge in [-0.05, 0) is 49.6 Å². The summed E-state index contributed by atoms with van der Waals surface area (Å²) in [5.41, 5.74) is 7.67. The molecule has 0 aliphatic heterocycles. The predicted molar refractivity (Wildman–Crippen MR) is 84.1 cm³/mol. The number of halogens is 1. The molecule has 2 aromatic rings. The van der Waals surface area contributed by atoms with Crippen molar-refractivity contribution in [2.24, 2.45) is 17.6 Å². The van der Waals surface area contributed by atoms with Gasteiger partial charge in [-0.1, -0.05) is 6.42 Å². The molecule has 1 fully saturated rings. The lowest BCUT2D eigenvalue weighted by Crippen LogP contribution is -2.29. The number of hydrogen-bond donors (Lipinski definition) is 3. The monoisotopic (exact) mass is 293 g/mol. The Labute approximate surface area is 124 Å². The van der Waals surface area contributed by atoms with Crippen molar-refractivity contribution in [2.75, 3.05) is 11.9 Å². The quantitative estimate of drug-likeness (QED) is 0.814. The molecule has 2 atom stereocenters. The van der Waals surface area contributed by atoms with Gasteiger partial charge in [-0.3, -0.25) is 4.79 Å². The Morgan fingerprint density at radius 2 is 2.20 bits per heavy atom. The molecule has 1 aliphatic rings. The second kappa shape index (κ2) is 6.29. The zero-order valence-corrected chi connectivity index (χ0v) is 12.1. The van der Waals surface area contributed by atoms with Gasteiger partial charge in [0.05, 0.1) is 0 Å². The van der Waals surface area contributed by atoms with Crippen molar-refractivity contribution in [3.63, 3.8) is 0 Å². The van der Waals surface area contributed by atoms with Crippen LogP contribution in [0.5, 0.6) is 0 Å². The summed E-state index contributed by atoms with van der Waals surface area (Å²) >= 11 is 0. The number of hydrogen-bond acceptors (Lipinski definition) is 2. The van der Waals surface area contributed by atoms with Crippen molar-refractivity contribution >= 4 is 34.9 Å². The number of carbonyl (C=O) groups excluding carboxylic acids is 1. The zero-order valence-electron chi connectivity index (χ0n) is 11.3. The third-order valence-electron chi connectivity index (χ3n) is 4.12. The van der Waals surface area contributed by atoms with Crippen LogP contribution in [0, 0.1) is 11.8 Å². The maximum Gasteiger partial charge on any atom is 0.227 e. The minimum atomic E-state index is 0. The highest BCUT2D eigenvalue weighted by Gasteiger charge is 2.31. The highest BCUT2D eigenvalue weighted by molar-refractivity contribution is 5.95. The predicted octanol–water partition coefficient (Wildman–Crippen LogP) is 2.90. The third-order valence-corrected chi connectivity index (χ3v) is 4.12. The lowest BCUT2D eigenvalue weighted by molar-refractivity contribution is -0.120. The number of fused-ring (bicyclic) bond motifs is 1. The van der Waals surface area contributed by atoms with Crippen LogP contribution in [-0.4, -0.2) is 17.4 Å². The van der Waals surface area contributed by atoms with Crippen molar-refractivity contribution < 1.29 is 4.79 Å². The lowest BCUT2D eigenvalue weighted by atomic mass is 9.95. The average Bonchev–Trinajstić information content (AvgIpc) is 3.06. The first kappa shape index (κ1) is 14.9. The van der Waals surface area contributed by atoms with Gasteiger partial charge in [-0.25, -0.2) is 0 Å². The van der Waals surface area contributed by atoms with Gasteiger partial charge >= 0.3 is 0 Å². The van der Waals surface area contributed by atoms with Crippen LogP contribution in [0.2, 0.25) is 0 Å². The molecule has 1 amide bonds. The number of nitrogens with one attached hydrogen (secondary N) is 2. The van der Waals surface area contributed by atoms with Crippen LogP contribution in [0.1, 0.15) is 19.3 Å². The second-order valence-corrected chi connectivity index (χ2v) is 5.30. The fraction of sp³-hybridized carbons (Fsp3) is 0.400. The van der Waals surface area contributed by atoms with Gasteiger partial charge < -0.3 is 16.0 Å². The second-order valence-electron chi connectivity index (χ2n) is 5.30. The number of rotatable bonds is 3. The Morgan fingerprint density at radius 1 is 1.35 bits per heavy atom. The normalized spacial score (nSPS) is 21.6. The van der Waals surface area contributed by atoms with Crippen LogP contribution in [0.25, 0.3) is 10.9 Å². The number of carbonyl (C=O) groups is 1. The Bertz CT molecular complexity index is 596. The summed E-state index contributed by atoms with van der Waals surface area (Å²) < 4.78 is 0. The number of amides is 1. The van der Waals surface area contributed by atoms with E-state index < -0.39 is 0 Å². The smallest absolute Gasteiger partial charge is 0.227 e. The van der Waals surface area contributed by atoms with E-state index in [1.807, 2.05) is 30.5 Å². The zero-order chi connectivity index (χ0) is 13.2. The van der Waals surface area contributed by atoms with Gasteiger partial charge in [0.2, 0.25) is 5.91 Å². The highest BCUT2D eigenvalue weighted by Crippen LogP contribution is 2.32. The van der Waals surface area contributed by atoms with Crippen LogP contribution in [0.4, 0.5) is 5.69 Å². The van der Waals surface area contributed by atoms with Crippen molar-refractivity contribution in [2.45, 2.75) is 19.3 Å². The van der Waals surface area contributed by atoms with Crippen molar-refractivity contribution in [1.29, 1.82) is 0 Å². The molecule has 1 aromatic heterocycles. The Balaban J connectivity index is 0.00000147. The standard InChI is InChI=1S/C15H19N3O.ClH/c16-9-11-2-1-3-13(11)15(19)18-12-4-5-14-10(8-12)6-7-17-14;/h4-8,11,13,17H,1-3,9,16H2,(H,18,19);1H/t11-,13-;/m1./s1. The van der Waals surface area contributed by atoms with Gasteiger partial charge in [0.15, 0.2) is 0 Å². The first-order valence-electron chi connectivity index (χ1n) is 6.86. The van der Waals surface area contributed by atoms with E-state index in [0.29, 0.717) is 12.5 Å². The summed E-state index contributed by atoms with van der Waals surface area (Å²) in [5.74, 6) is 0.533. The van der Waals surface area contributed by atoms with Gasteiger partial charge in [0, 0.05) is 28.7 Å². The number of nitrogens with two attached hydrogens (primary N) is 1. The van der Waals surface area contributed by atoms with Gasteiger partial charge in [0.25, 0.3) is 0 Å². The van der Waals surface area contributed by atoms with E-state index in [1.54, 1.807) is 0 Å². The Kier molecular flexibility index (Phi) is 4.68. The van der Waals surface area contributed by atoms with Crippen LogP contribution < -0.4 is 11.1 Å².